The first-order valence-electron chi connectivity index (χ1n) is 7.14. The van der Waals surface area contributed by atoms with Gasteiger partial charge in [-0.05, 0) is 0 Å². The van der Waals surface area contributed by atoms with Gasteiger partial charge in [0.2, 0.25) is 0 Å². The number of aliphatic imine (C=N–C) groups is 1. The molecule has 1 atom stereocenters. The zero-order valence-electron chi connectivity index (χ0n) is 12.5. The third kappa shape index (κ3) is 5.50. The van der Waals surface area contributed by atoms with Crippen LogP contribution in [0.15, 0.2) is 59.6 Å². The van der Waals surface area contributed by atoms with Crippen LogP contribution in [0.4, 0.5) is 0 Å². The van der Waals surface area contributed by atoms with E-state index in [-0.39, 0.29) is 6.42 Å². The predicted molar refractivity (Wildman–Crippen MR) is 87.3 cm³/mol. The Morgan fingerprint density at radius 1 is 1.13 bits per heavy atom. The molecule has 0 aromatic heterocycles. The van der Waals surface area contributed by atoms with E-state index >= 15 is 0 Å². The maximum atomic E-state index is 11.1. The molecule has 0 amide bonds. The van der Waals surface area contributed by atoms with Crippen LogP contribution in [-0.4, -0.2) is 30.4 Å². The fourth-order valence-electron chi connectivity index (χ4n) is 2.03. The summed E-state index contributed by atoms with van der Waals surface area (Å²) in [4.78, 5) is 14.8. The molecule has 6 heteroatoms. The van der Waals surface area contributed by atoms with Gasteiger partial charge >= 0.3 is 116 Å². The van der Waals surface area contributed by atoms with Gasteiger partial charge in [0, 0.05) is 0 Å². The van der Waals surface area contributed by atoms with Gasteiger partial charge in [-0.25, -0.2) is 0 Å². The van der Waals surface area contributed by atoms with Crippen molar-refractivity contribution in [3.05, 3.63) is 65.7 Å². The van der Waals surface area contributed by atoms with Crippen LogP contribution in [0.3, 0.4) is 0 Å². The molecule has 0 radical (unpaired) electrons. The molecule has 23 heavy (non-hydrogen) atoms. The van der Waals surface area contributed by atoms with E-state index in [1.165, 1.54) is 0 Å². The molecule has 0 aliphatic heterocycles. The standard InChI is InChI=1S/C17H16BNO4/c20-17(21)16(19-12-18-22)10-13-6-8-15(9-7-13)23-11-14-4-2-1-3-5-14/h1-9,12,16H,10-11H2,(H,20,21)/b19-12-. The second kappa shape index (κ2) is 8.63. The van der Waals surface area contributed by atoms with Crippen LogP contribution in [0.25, 0.3) is 0 Å². The second-order valence-corrected chi connectivity index (χ2v) is 4.91. The number of rotatable bonds is 8. The quantitative estimate of drug-likeness (QED) is 0.600. The first-order chi connectivity index (χ1) is 11.2. The molecule has 0 saturated heterocycles. The zero-order valence-corrected chi connectivity index (χ0v) is 12.5. The molecule has 0 bridgehead atoms. The monoisotopic (exact) mass is 309 g/mol. The molecule has 0 spiro atoms. The number of aliphatic carboxylic acids is 1. The summed E-state index contributed by atoms with van der Waals surface area (Å²) >= 11 is 0. The first kappa shape index (κ1) is 16.6. The van der Waals surface area contributed by atoms with Gasteiger partial charge in [-0.1, -0.05) is 18.2 Å². The zero-order chi connectivity index (χ0) is 16.5. The van der Waals surface area contributed by atoms with Crippen LogP contribution in [0.5, 0.6) is 5.75 Å². The second-order valence-electron chi connectivity index (χ2n) is 4.91. The molecule has 5 nitrogen and oxygen atoms in total. The van der Waals surface area contributed by atoms with Crippen LogP contribution < -0.4 is 4.74 Å². The number of nitrogens with zero attached hydrogens (tertiary/aromatic N) is 1. The van der Waals surface area contributed by atoms with E-state index in [1.54, 1.807) is 24.3 Å². The van der Waals surface area contributed by atoms with Gasteiger partial charge in [0.15, 0.2) is 0 Å². The minimum absolute atomic E-state index is 0.221. The molecular formula is C17H16BNO4. The summed E-state index contributed by atoms with van der Waals surface area (Å²) < 4.78 is 15.9. The summed E-state index contributed by atoms with van der Waals surface area (Å²) in [6.07, 6.45) is 1.19. The Balaban J connectivity index is 1.94. The number of hydrogen-bond acceptors (Lipinski definition) is 4. The Bertz CT molecular complexity index is 671. The fourth-order valence-corrected chi connectivity index (χ4v) is 2.03. The van der Waals surface area contributed by atoms with E-state index in [4.69, 9.17) is 9.84 Å². The van der Waals surface area contributed by atoms with Crippen LogP contribution >= 0.6 is 0 Å². The number of benzene rings is 2. The molecule has 1 N–H and O–H groups in total. The first-order valence-corrected chi connectivity index (χ1v) is 7.14. The minimum atomic E-state index is -1.06. The maximum absolute atomic E-state index is 11.1. The number of ether oxygens (including phenoxy) is 1. The van der Waals surface area contributed by atoms with Gasteiger partial charge in [0.05, 0.1) is 0 Å². The molecule has 1 unspecified atom stereocenters. The van der Waals surface area contributed by atoms with E-state index < -0.39 is 12.0 Å². The van der Waals surface area contributed by atoms with Crippen LogP contribution in [0.1, 0.15) is 11.1 Å². The van der Waals surface area contributed by atoms with Crippen molar-refractivity contribution in [2.24, 2.45) is 4.99 Å². The van der Waals surface area contributed by atoms with Crippen molar-refractivity contribution in [1.29, 1.82) is 0 Å². The van der Waals surface area contributed by atoms with E-state index in [2.05, 4.69) is 4.99 Å². The number of hydrogen-bond donors (Lipinski definition) is 1. The van der Waals surface area contributed by atoms with Crippen molar-refractivity contribution in [3.63, 3.8) is 0 Å². The third-order valence-corrected chi connectivity index (χ3v) is 3.21. The molecule has 116 valence electrons. The van der Waals surface area contributed by atoms with Gasteiger partial charge in [-0.2, -0.15) is 0 Å². The Hall–Kier alpha value is -2.76. The Kier molecular flexibility index (Phi) is 6.23. The average molecular weight is 309 g/mol. The predicted octanol–water partition coefficient (Wildman–Crippen LogP) is 2.34. The molecule has 0 heterocycles. The fraction of sp³-hybridized carbons (Fsp3) is 0.176. The number of carboxylic acid groups (broad SMARTS) is 1. The van der Waals surface area contributed by atoms with Crippen LogP contribution in [-0.2, 0) is 22.5 Å². The molecular weight excluding hydrogens is 293 g/mol. The molecule has 0 saturated carbocycles. The molecule has 0 aliphatic rings. The number of carbonyl (C=O) groups is 1. The summed E-state index contributed by atoms with van der Waals surface area (Å²) in [7, 11) is 0.469. The van der Waals surface area contributed by atoms with Crippen molar-refractivity contribution < 1.29 is 19.3 Å². The Labute approximate surface area is 134 Å². The number of carboxylic acids is 1. The summed E-state index contributed by atoms with van der Waals surface area (Å²) in [6.45, 7) is 0.474. The third-order valence-electron chi connectivity index (χ3n) is 3.21. The van der Waals surface area contributed by atoms with Gasteiger partial charge in [-0.15, -0.1) is 0 Å². The average Bonchev–Trinajstić information content (AvgIpc) is 2.58. The van der Waals surface area contributed by atoms with Gasteiger partial charge in [0.25, 0.3) is 0 Å². The molecule has 2 aromatic rings. The summed E-state index contributed by atoms with van der Waals surface area (Å²) in [5.74, 6) is -0.353. The van der Waals surface area contributed by atoms with E-state index in [9.17, 15) is 9.50 Å². The topological polar surface area (TPSA) is 76.0 Å². The summed E-state index contributed by atoms with van der Waals surface area (Å²) in [5.41, 5.74) is 1.89. The van der Waals surface area contributed by atoms with E-state index in [0.29, 0.717) is 19.5 Å². The molecule has 2 rings (SSSR count). The molecule has 0 aliphatic carbocycles. The van der Waals surface area contributed by atoms with Crippen LogP contribution in [0, 0.1) is 0 Å². The molecule has 0 fully saturated rings. The van der Waals surface area contributed by atoms with Crippen molar-refractivity contribution in [1.82, 2.24) is 0 Å². The molecule has 2 aromatic carbocycles. The van der Waals surface area contributed by atoms with Crippen molar-refractivity contribution in [3.8, 4) is 5.75 Å². The van der Waals surface area contributed by atoms with Gasteiger partial charge in [0.1, 0.15) is 0 Å². The SMILES string of the molecule is O=B/C=N\C(Cc1ccc(OCc2ccccc2)cc1)C(=O)O. The normalized spacial score (nSPS) is 11.8. The van der Waals surface area contributed by atoms with Gasteiger partial charge < -0.3 is 0 Å². The van der Waals surface area contributed by atoms with E-state index in [1.807, 2.05) is 30.3 Å². The van der Waals surface area contributed by atoms with Crippen molar-refractivity contribution in [2.75, 3.05) is 0 Å². The van der Waals surface area contributed by atoms with Crippen LogP contribution in [0.2, 0.25) is 0 Å². The summed E-state index contributed by atoms with van der Waals surface area (Å²) in [6, 6.07) is 16.0. The summed E-state index contributed by atoms with van der Waals surface area (Å²) in [5, 5.41) is 9.07. The Morgan fingerprint density at radius 3 is 2.43 bits per heavy atom. The van der Waals surface area contributed by atoms with Crippen molar-refractivity contribution >= 4 is 19.2 Å². The van der Waals surface area contributed by atoms with E-state index in [0.717, 1.165) is 17.2 Å². The van der Waals surface area contributed by atoms with Gasteiger partial charge in [-0.3, -0.25) is 0 Å². The van der Waals surface area contributed by atoms with Crippen molar-refractivity contribution in [2.45, 2.75) is 19.1 Å². The Morgan fingerprint density at radius 2 is 1.83 bits per heavy atom.